The molecule has 11 heteroatoms. The number of hydrogen-bond donors (Lipinski definition) is 1. The highest BCUT2D eigenvalue weighted by molar-refractivity contribution is 9.10. The molecule has 2 aliphatic carbocycles. The van der Waals surface area contributed by atoms with Gasteiger partial charge in [-0.05, 0) is 54.0 Å². The summed E-state index contributed by atoms with van der Waals surface area (Å²) in [5, 5.41) is 12.1. The Bertz CT molecular complexity index is 1500. The number of anilines is 1. The summed E-state index contributed by atoms with van der Waals surface area (Å²) in [6.45, 7) is 0. The summed E-state index contributed by atoms with van der Waals surface area (Å²) in [4.78, 5) is 55.4. The summed E-state index contributed by atoms with van der Waals surface area (Å²) in [5.74, 6) is -1.06. The van der Waals surface area contributed by atoms with Gasteiger partial charge in [0, 0.05) is 32.7 Å². The van der Waals surface area contributed by atoms with Crippen LogP contribution >= 0.6 is 39.0 Å². The molecule has 4 aliphatic rings. The maximum absolute atomic E-state index is 13.7. The zero-order chi connectivity index (χ0) is 24.9. The molecule has 2 amide bonds. The van der Waals surface area contributed by atoms with Crippen LogP contribution in [0.2, 0.25) is 0 Å². The number of thioether (sulfide) groups is 1. The molecular formula is C25H18BrN3O5S2. The number of nitro groups is 1. The number of thiazole rings is 1. The number of halogens is 1. The maximum atomic E-state index is 13.7. The third kappa shape index (κ3) is 3.02. The van der Waals surface area contributed by atoms with E-state index in [1.165, 1.54) is 40.5 Å². The molecule has 2 saturated carbocycles. The van der Waals surface area contributed by atoms with Crippen LogP contribution in [0.4, 0.5) is 11.4 Å². The number of imide groups is 1. The molecule has 8 nitrogen and oxygen atoms in total. The zero-order valence-electron chi connectivity index (χ0n) is 18.5. The Hall–Kier alpha value is -2.76. The SMILES string of the molecule is O=C1C2C3CC(C2C(=O)N1c1ccc([N+](=O)[O-])cc1)C1C3Sc2[nH]c(=O)sc2[C@@H]1c1ccc(Br)cc1. The highest BCUT2D eigenvalue weighted by Crippen LogP contribution is 2.68. The van der Waals surface area contributed by atoms with Crippen LogP contribution in [0, 0.1) is 39.7 Å². The lowest BCUT2D eigenvalue weighted by Gasteiger charge is -2.43. The van der Waals surface area contributed by atoms with Crippen molar-refractivity contribution in [1.82, 2.24) is 4.98 Å². The van der Waals surface area contributed by atoms with Crippen LogP contribution in [0.15, 0.2) is 62.8 Å². The van der Waals surface area contributed by atoms with E-state index in [4.69, 9.17) is 0 Å². The van der Waals surface area contributed by atoms with Crippen molar-refractivity contribution in [2.24, 2.45) is 29.6 Å². The molecule has 1 saturated heterocycles. The summed E-state index contributed by atoms with van der Waals surface area (Å²) in [6, 6.07) is 13.7. The molecule has 182 valence electrons. The Kier molecular flexibility index (Phi) is 4.90. The second-order valence-electron chi connectivity index (χ2n) is 9.80. The van der Waals surface area contributed by atoms with Crippen molar-refractivity contribution in [3.05, 3.63) is 83.2 Å². The number of nitrogens with zero attached hydrogens (tertiary/aromatic N) is 2. The summed E-state index contributed by atoms with van der Waals surface area (Å²) in [7, 11) is 0. The first kappa shape index (κ1) is 22.4. The van der Waals surface area contributed by atoms with Gasteiger partial charge in [0.25, 0.3) is 5.69 Å². The molecule has 7 rings (SSSR count). The number of carbonyl (C=O) groups is 2. The van der Waals surface area contributed by atoms with Crippen molar-refractivity contribution < 1.29 is 14.5 Å². The van der Waals surface area contributed by atoms with E-state index in [1.54, 1.807) is 11.8 Å². The number of H-pyrrole nitrogens is 1. The van der Waals surface area contributed by atoms with E-state index in [0.717, 1.165) is 26.4 Å². The van der Waals surface area contributed by atoms with Gasteiger partial charge in [-0.2, -0.15) is 0 Å². The van der Waals surface area contributed by atoms with E-state index in [9.17, 15) is 24.5 Å². The van der Waals surface area contributed by atoms with Crippen LogP contribution in [0.5, 0.6) is 0 Å². The highest BCUT2D eigenvalue weighted by Gasteiger charge is 2.69. The van der Waals surface area contributed by atoms with Crippen LogP contribution in [-0.2, 0) is 9.59 Å². The fourth-order valence-electron chi connectivity index (χ4n) is 7.04. The van der Waals surface area contributed by atoms with E-state index in [1.807, 2.05) is 12.1 Å². The first-order valence-electron chi connectivity index (χ1n) is 11.6. The van der Waals surface area contributed by atoms with Crippen LogP contribution in [0.25, 0.3) is 0 Å². The molecular weight excluding hydrogens is 566 g/mol. The molecule has 1 N–H and O–H groups in total. The van der Waals surface area contributed by atoms with Crippen molar-refractivity contribution in [3.8, 4) is 0 Å². The monoisotopic (exact) mass is 583 g/mol. The van der Waals surface area contributed by atoms with Crippen molar-refractivity contribution in [1.29, 1.82) is 0 Å². The van der Waals surface area contributed by atoms with Gasteiger partial charge in [-0.3, -0.25) is 29.4 Å². The molecule has 36 heavy (non-hydrogen) atoms. The fraction of sp³-hybridized carbons (Fsp3) is 0.320. The minimum Gasteiger partial charge on any atom is -0.307 e. The van der Waals surface area contributed by atoms with Gasteiger partial charge in [-0.15, -0.1) is 11.8 Å². The predicted octanol–water partition coefficient (Wildman–Crippen LogP) is 4.79. The topological polar surface area (TPSA) is 113 Å². The second kappa shape index (κ2) is 7.87. The van der Waals surface area contributed by atoms with Gasteiger partial charge in [0.15, 0.2) is 0 Å². The summed E-state index contributed by atoms with van der Waals surface area (Å²) < 4.78 is 0.971. The summed E-state index contributed by atoms with van der Waals surface area (Å²) in [6.07, 6.45) is 0.815. The number of fused-ring (bicyclic) bond motifs is 9. The molecule has 0 spiro atoms. The Labute approximate surface area is 221 Å². The van der Waals surface area contributed by atoms with Gasteiger partial charge in [-0.1, -0.05) is 39.4 Å². The molecule has 3 fully saturated rings. The quantitative estimate of drug-likeness (QED) is 0.269. The second-order valence-corrected chi connectivity index (χ2v) is 12.9. The molecule has 1 aromatic heterocycles. The number of benzene rings is 2. The van der Waals surface area contributed by atoms with Crippen LogP contribution in [0.3, 0.4) is 0 Å². The highest BCUT2D eigenvalue weighted by atomic mass is 79.9. The minimum atomic E-state index is -0.500. The standard InChI is InChI=1S/C25H18BrN3O5S2/c26-11-3-1-10(2-4-11)16-17-14-9-15(20(17)35-22-21(16)36-25(32)27-22)19-18(14)23(30)28(24(19)31)12-5-7-13(8-6-12)29(33)34/h1-8,14-20H,9H2,(H,27,32)/t14?,15?,16-,17?,18?,19?,20?/m1/s1. The van der Waals surface area contributed by atoms with Crippen molar-refractivity contribution in [2.45, 2.75) is 22.6 Å². The number of non-ortho nitro benzene ring substituents is 1. The Morgan fingerprint density at radius 3 is 2.31 bits per heavy atom. The molecule has 3 aromatic rings. The van der Waals surface area contributed by atoms with Crippen LogP contribution < -0.4 is 9.77 Å². The Morgan fingerprint density at radius 1 is 0.972 bits per heavy atom. The third-order valence-corrected chi connectivity index (χ3v) is 11.4. The first-order chi connectivity index (χ1) is 17.3. The summed E-state index contributed by atoms with van der Waals surface area (Å²) >= 11 is 6.40. The summed E-state index contributed by atoms with van der Waals surface area (Å²) in [5.41, 5.74) is 1.41. The minimum absolute atomic E-state index is 0.0180. The maximum Gasteiger partial charge on any atom is 0.305 e. The van der Waals surface area contributed by atoms with Crippen molar-refractivity contribution in [3.63, 3.8) is 0 Å². The number of aromatic amines is 1. The number of rotatable bonds is 3. The molecule has 2 bridgehead atoms. The molecule has 6 unspecified atom stereocenters. The van der Waals surface area contributed by atoms with Gasteiger partial charge in [-0.25, -0.2) is 0 Å². The number of carbonyl (C=O) groups excluding carboxylic acids is 2. The smallest absolute Gasteiger partial charge is 0.305 e. The van der Waals surface area contributed by atoms with E-state index in [2.05, 4.69) is 33.0 Å². The number of amides is 2. The number of aromatic nitrogens is 1. The average Bonchev–Trinajstić information content (AvgIpc) is 3.58. The normalized spacial score (nSPS) is 31.9. The first-order valence-corrected chi connectivity index (χ1v) is 14.1. The van der Waals surface area contributed by atoms with E-state index in [-0.39, 0.29) is 51.3 Å². The largest absolute Gasteiger partial charge is 0.307 e. The van der Waals surface area contributed by atoms with E-state index < -0.39 is 16.8 Å². The molecule has 7 atom stereocenters. The van der Waals surface area contributed by atoms with Crippen LogP contribution in [0.1, 0.15) is 22.8 Å². The lowest BCUT2D eigenvalue weighted by atomic mass is 9.68. The number of nitro benzene ring substituents is 1. The zero-order valence-corrected chi connectivity index (χ0v) is 21.7. The number of hydrogen-bond acceptors (Lipinski definition) is 7. The molecule has 2 aromatic carbocycles. The van der Waals surface area contributed by atoms with E-state index >= 15 is 0 Å². The van der Waals surface area contributed by atoms with Crippen molar-refractivity contribution in [2.75, 3.05) is 4.90 Å². The van der Waals surface area contributed by atoms with Gasteiger partial charge in [0.1, 0.15) is 0 Å². The molecule has 3 heterocycles. The average molecular weight is 584 g/mol. The number of nitrogens with one attached hydrogen (secondary N) is 1. The lowest BCUT2D eigenvalue weighted by Crippen LogP contribution is -2.42. The molecule has 0 radical (unpaired) electrons. The lowest BCUT2D eigenvalue weighted by molar-refractivity contribution is -0.384. The van der Waals surface area contributed by atoms with E-state index in [0.29, 0.717) is 5.69 Å². The van der Waals surface area contributed by atoms with Gasteiger partial charge in [0.05, 0.1) is 27.5 Å². The molecule has 2 aliphatic heterocycles. The van der Waals surface area contributed by atoms with Crippen molar-refractivity contribution >= 4 is 62.2 Å². The third-order valence-electron chi connectivity index (χ3n) is 8.27. The van der Waals surface area contributed by atoms with Gasteiger partial charge < -0.3 is 4.98 Å². The fourth-order valence-corrected chi connectivity index (χ4v) is 10.2. The van der Waals surface area contributed by atoms with Gasteiger partial charge >= 0.3 is 4.87 Å². The van der Waals surface area contributed by atoms with Crippen LogP contribution in [-0.4, -0.2) is 27.0 Å². The Balaban J connectivity index is 1.29. The van der Waals surface area contributed by atoms with Gasteiger partial charge in [0.2, 0.25) is 11.8 Å². The Morgan fingerprint density at radius 2 is 1.64 bits per heavy atom. The predicted molar refractivity (Wildman–Crippen MR) is 138 cm³/mol.